The normalized spacial score (nSPS) is 12.1. The molecule has 0 aromatic carbocycles. The first-order valence-corrected chi connectivity index (χ1v) is 4.08. The lowest BCUT2D eigenvalue weighted by Crippen LogP contribution is -2.20. The predicted octanol–water partition coefficient (Wildman–Crippen LogP) is 0.939. The van der Waals surface area contributed by atoms with Crippen LogP contribution in [0.3, 0.4) is 0 Å². The summed E-state index contributed by atoms with van der Waals surface area (Å²) in [6.07, 6.45) is 0.997. The molecule has 14 heavy (non-hydrogen) atoms. The second kappa shape index (κ2) is 4.10. The molecule has 0 saturated heterocycles. The van der Waals surface area contributed by atoms with Crippen LogP contribution in [0.2, 0.25) is 0 Å². The van der Waals surface area contributed by atoms with Crippen LogP contribution >= 0.6 is 11.6 Å². The van der Waals surface area contributed by atoms with Gasteiger partial charge in [0.25, 0.3) is 0 Å². The number of nitrogens with zero attached hydrogens (tertiary/aromatic N) is 1. The van der Waals surface area contributed by atoms with Crippen LogP contribution in [0.5, 0.6) is 0 Å². The van der Waals surface area contributed by atoms with E-state index in [2.05, 4.69) is 14.7 Å². The minimum Gasteiger partial charge on any atom is -0.475 e. The summed E-state index contributed by atoms with van der Waals surface area (Å²) in [5.74, 6) is -2.11. The van der Waals surface area contributed by atoms with E-state index in [1.807, 2.05) is 0 Å². The Bertz CT molecular complexity index is 360. The topological polar surface area (TPSA) is 92.4 Å². The summed E-state index contributed by atoms with van der Waals surface area (Å²) in [6, 6.07) is -0.181. The Morgan fingerprint density at radius 2 is 2.36 bits per heavy atom. The number of amides is 1. The van der Waals surface area contributed by atoms with Crippen molar-refractivity contribution < 1.29 is 19.1 Å². The van der Waals surface area contributed by atoms with E-state index in [0.717, 1.165) is 6.20 Å². The monoisotopic (exact) mass is 218 g/mol. The smallest absolute Gasteiger partial charge is 0.373 e. The number of carbonyl (C=O) groups excluding carboxylic acids is 1. The molecule has 2 N–H and O–H groups in total. The number of carbonyl (C=O) groups is 2. The number of hydrogen-bond donors (Lipinski definition) is 2. The van der Waals surface area contributed by atoms with Crippen molar-refractivity contribution in [3.8, 4) is 0 Å². The van der Waals surface area contributed by atoms with Gasteiger partial charge in [-0.25, -0.2) is 9.78 Å². The van der Waals surface area contributed by atoms with E-state index in [0.29, 0.717) is 0 Å². The highest BCUT2D eigenvalue weighted by molar-refractivity contribution is 6.32. The molecular weight excluding hydrogens is 212 g/mol. The van der Waals surface area contributed by atoms with Gasteiger partial charge < -0.3 is 9.52 Å². The highest BCUT2D eigenvalue weighted by Gasteiger charge is 2.15. The Hall–Kier alpha value is -1.56. The van der Waals surface area contributed by atoms with Crippen molar-refractivity contribution in [2.75, 3.05) is 5.32 Å². The van der Waals surface area contributed by atoms with E-state index < -0.39 is 17.3 Å². The molecule has 7 heteroatoms. The van der Waals surface area contributed by atoms with E-state index in [1.54, 1.807) is 0 Å². The number of nitrogens with one attached hydrogen (secondary N) is 1. The highest BCUT2D eigenvalue weighted by Crippen LogP contribution is 2.09. The third-order valence-corrected chi connectivity index (χ3v) is 1.51. The van der Waals surface area contributed by atoms with Gasteiger partial charge in [-0.2, -0.15) is 0 Å². The molecular formula is C7H7ClN2O4. The lowest BCUT2D eigenvalue weighted by atomic mass is 10.4. The number of rotatable bonds is 3. The number of halogens is 1. The SMILES string of the molecule is CC(Cl)C(=O)Nc1ncc(C(=O)O)o1. The highest BCUT2D eigenvalue weighted by atomic mass is 35.5. The van der Waals surface area contributed by atoms with Crippen molar-refractivity contribution in [2.45, 2.75) is 12.3 Å². The van der Waals surface area contributed by atoms with Crippen molar-refractivity contribution in [3.63, 3.8) is 0 Å². The maximum Gasteiger partial charge on any atom is 0.373 e. The average molecular weight is 219 g/mol. The fraction of sp³-hybridized carbons (Fsp3) is 0.286. The first-order valence-electron chi connectivity index (χ1n) is 3.64. The minimum absolute atomic E-state index is 0.181. The summed E-state index contributed by atoms with van der Waals surface area (Å²) in [5, 5.41) is 9.93. The molecule has 0 aliphatic heterocycles. The maximum absolute atomic E-state index is 11.0. The summed E-state index contributed by atoms with van der Waals surface area (Å²) < 4.78 is 4.66. The van der Waals surface area contributed by atoms with Crippen LogP contribution in [0.15, 0.2) is 10.6 Å². The molecule has 1 aromatic heterocycles. The molecule has 1 amide bonds. The Kier molecular flexibility index (Phi) is 3.08. The number of aromatic carboxylic acids is 1. The summed E-state index contributed by atoms with van der Waals surface area (Å²) in [5.41, 5.74) is 0. The zero-order chi connectivity index (χ0) is 10.7. The lowest BCUT2D eigenvalue weighted by Gasteiger charge is -2.00. The predicted molar refractivity (Wildman–Crippen MR) is 47.4 cm³/mol. The number of alkyl halides is 1. The van der Waals surface area contributed by atoms with E-state index in [1.165, 1.54) is 6.92 Å². The van der Waals surface area contributed by atoms with E-state index in [9.17, 15) is 9.59 Å². The Balaban J connectivity index is 2.69. The molecule has 0 aliphatic rings. The molecule has 0 saturated carbocycles. The average Bonchev–Trinajstić information content (AvgIpc) is 2.52. The number of aromatic nitrogens is 1. The lowest BCUT2D eigenvalue weighted by molar-refractivity contribution is -0.115. The van der Waals surface area contributed by atoms with Crippen LogP contribution in [-0.2, 0) is 4.79 Å². The van der Waals surface area contributed by atoms with Crippen molar-refractivity contribution in [3.05, 3.63) is 12.0 Å². The molecule has 1 atom stereocenters. The van der Waals surface area contributed by atoms with Gasteiger partial charge in [0.15, 0.2) is 0 Å². The van der Waals surface area contributed by atoms with Crippen molar-refractivity contribution in [2.24, 2.45) is 0 Å². The molecule has 1 rings (SSSR count). The molecule has 0 bridgehead atoms. The zero-order valence-electron chi connectivity index (χ0n) is 7.15. The Morgan fingerprint density at radius 1 is 1.71 bits per heavy atom. The fourth-order valence-corrected chi connectivity index (χ4v) is 0.690. The summed E-state index contributed by atoms with van der Waals surface area (Å²) in [6.45, 7) is 1.47. The second-order valence-corrected chi connectivity index (χ2v) is 3.09. The van der Waals surface area contributed by atoms with Gasteiger partial charge in [-0.15, -0.1) is 11.6 Å². The number of anilines is 1. The molecule has 0 radical (unpaired) electrons. The van der Waals surface area contributed by atoms with Gasteiger partial charge >= 0.3 is 12.0 Å². The van der Waals surface area contributed by atoms with Crippen LogP contribution in [0, 0.1) is 0 Å². The third-order valence-electron chi connectivity index (χ3n) is 1.31. The molecule has 6 nitrogen and oxygen atoms in total. The van der Waals surface area contributed by atoms with Crippen LogP contribution in [0.1, 0.15) is 17.5 Å². The molecule has 0 spiro atoms. The molecule has 0 aliphatic carbocycles. The van der Waals surface area contributed by atoms with E-state index >= 15 is 0 Å². The molecule has 1 heterocycles. The molecule has 0 fully saturated rings. The first kappa shape index (κ1) is 10.5. The van der Waals surface area contributed by atoms with Crippen LogP contribution in [-0.4, -0.2) is 27.3 Å². The van der Waals surface area contributed by atoms with Crippen molar-refractivity contribution in [1.82, 2.24) is 4.98 Å². The third kappa shape index (κ3) is 2.46. The van der Waals surface area contributed by atoms with Crippen molar-refractivity contribution in [1.29, 1.82) is 0 Å². The number of hydrogen-bond acceptors (Lipinski definition) is 4. The molecule has 76 valence electrons. The Morgan fingerprint density at radius 3 is 2.79 bits per heavy atom. The van der Waals surface area contributed by atoms with Crippen LogP contribution in [0.4, 0.5) is 6.01 Å². The van der Waals surface area contributed by atoms with Gasteiger partial charge in [-0.05, 0) is 6.92 Å². The largest absolute Gasteiger partial charge is 0.475 e. The van der Waals surface area contributed by atoms with Gasteiger partial charge in [-0.3, -0.25) is 10.1 Å². The summed E-state index contributed by atoms with van der Waals surface area (Å²) in [7, 11) is 0. The van der Waals surface area contributed by atoms with E-state index in [4.69, 9.17) is 16.7 Å². The number of carboxylic acid groups (broad SMARTS) is 1. The van der Waals surface area contributed by atoms with Crippen LogP contribution in [0.25, 0.3) is 0 Å². The number of oxazole rings is 1. The quantitative estimate of drug-likeness (QED) is 0.737. The first-order chi connectivity index (χ1) is 6.50. The van der Waals surface area contributed by atoms with Crippen molar-refractivity contribution >= 4 is 29.5 Å². The standard InChI is InChI=1S/C7H7ClN2O4/c1-3(8)5(11)10-7-9-2-4(14-7)6(12)13/h2-3H,1H3,(H,12,13)(H,9,10,11). The van der Waals surface area contributed by atoms with Gasteiger partial charge in [-0.1, -0.05) is 0 Å². The second-order valence-electron chi connectivity index (χ2n) is 2.44. The molecule has 1 aromatic rings. The summed E-state index contributed by atoms with van der Waals surface area (Å²) >= 11 is 5.45. The molecule has 1 unspecified atom stereocenters. The van der Waals surface area contributed by atoms with Gasteiger partial charge in [0, 0.05) is 0 Å². The van der Waals surface area contributed by atoms with Gasteiger partial charge in [0.1, 0.15) is 5.38 Å². The van der Waals surface area contributed by atoms with E-state index in [-0.39, 0.29) is 11.8 Å². The maximum atomic E-state index is 11.0. The van der Waals surface area contributed by atoms with Crippen LogP contribution < -0.4 is 5.32 Å². The number of carboxylic acids is 1. The minimum atomic E-state index is -1.25. The summed E-state index contributed by atoms with van der Waals surface area (Å²) in [4.78, 5) is 24.9. The fourth-order valence-electron chi connectivity index (χ4n) is 0.636. The van der Waals surface area contributed by atoms with Gasteiger partial charge in [0.05, 0.1) is 6.20 Å². The van der Waals surface area contributed by atoms with Gasteiger partial charge in [0.2, 0.25) is 11.7 Å². The zero-order valence-corrected chi connectivity index (χ0v) is 7.91. The Labute approximate surface area is 83.9 Å².